The first-order chi connectivity index (χ1) is 13.9. The van der Waals surface area contributed by atoms with Gasteiger partial charge < -0.3 is 23.7 Å². The van der Waals surface area contributed by atoms with E-state index in [0.717, 1.165) is 6.21 Å². The van der Waals surface area contributed by atoms with Crippen molar-refractivity contribution in [2.45, 2.75) is 6.61 Å². The molecule has 0 aliphatic rings. The fourth-order valence-corrected chi connectivity index (χ4v) is 2.45. The van der Waals surface area contributed by atoms with E-state index in [1.54, 1.807) is 6.07 Å². The third-order valence-electron chi connectivity index (χ3n) is 3.73. The van der Waals surface area contributed by atoms with Crippen molar-refractivity contribution in [1.82, 2.24) is 5.43 Å². The Bertz CT molecular complexity index is 864. The van der Waals surface area contributed by atoms with Crippen LogP contribution >= 0.6 is 0 Å². The quantitative estimate of drug-likeness (QED) is 0.505. The first-order valence-corrected chi connectivity index (χ1v) is 8.20. The number of ether oxygens (including phenoxy) is 5. The van der Waals surface area contributed by atoms with Gasteiger partial charge in [0.1, 0.15) is 0 Å². The zero-order chi connectivity index (χ0) is 21.4. The Labute approximate surface area is 166 Å². The van der Waals surface area contributed by atoms with E-state index >= 15 is 0 Å². The van der Waals surface area contributed by atoms with Crippen LogP contribution in [0.15, 0.2) is 35.4 Å². The molecule has 156 valence electrons. The Morgan fingerprint density at radius 3 is 2.10 bits per heavy atom. The number of para-hydroxylation sites is 1. The second-order valence-electron chi connectivity index (χ2n) is 5.37. The fourth-order valence-electron chi connectivity index (χ4n) is 2.45. The second kappa shape index (κ2) is 10.1. The number of rotatable bonds is 9. The molecule has 0 atom stereocenters. The van der Waals surface area contributed by atoms with E-state index in [0.29, 0.717) is 17.2 Å². The molecule has 1 amide bonds. The first kappa shape index (κ1) is 21.7. The molecule has 2 aromatic rings. The van der Waals surface area contributed by atoms with Crippen LogP contribution in [0.25, 0.3) is 0 Å². The number of nitrogens with one attached hydrogen (secondary N) is 1. The van der Waals surface area contributed by atoms with Crippen molar-refractivity contribution in [2.75, 3.05) is 28.4 Å². The third-order valence-corrected chi connectivity index (χ3v) is 3.73. The van der Waals surface area contributed by atoms with Crippen molar-refractivity contribution in [3.8, 4) is 28.7 Å². The number of carbonyl (C=O) groups is 1. The van der Waals surface area contributed by atoms with Gasteiger partial charge in [-0.3, -0.25) is 4.79 Å². The van der Waals surface area contributed by atoms with E-state index in [1.807, 2.05) is 0 Å². The summed E-state index contributed by atoms with van der Waals surface area (Å²) in [6.45, 7) is -3.05. The predicted octanol–water partition coefficient (Wildman–Crippen LogP) is 3.09. The molecule has 1 N–H and O–H groups in total. The van der Waals surface area contributed by atoms with Crippen LogP contribution in [0.5, 0.6) is 28.7 Å². The standard InChI is InChI=1S/C19H20F2N2O6/c1-25-13-7-5-6-11(16(13)29-19(20)21)10-22-23-18(24)12-8-14(26-2)17(28-4)15(9-12)27-3/h5-10,19H,1-4H3,(H,23,24)/b22-10-. The van der Waals surface area contributed by atoms with E-state index in [-0.39, 0.29) is 22.6 Å². The lowest BCUT2D eigenvalue weighted by atomic mass is 10.1. The third kappa shape index (κ3) is 5.24. The van der Waals surface area contributed by atoms with E-state index < -0.39 is 12.5 Å². The molecule has 0 saturated heterocycles. The summed E-state index contributed by atoms with van der Waals surface area (Å²) < 4.78 is 50.4. The van der Waals surface area contributed by atoms with Gasteiger partial charge in [-0.2, -0.15) is 13.9 Å². The molecule has 2 rings (SSSR count). The van der Waals surface area contributed by atoms with Crippen LogP contribution in [0.2, 0.25) is 0 Å². The van der Waals surface area contributed by atoms with E-state index in [2.05, 4.69) is 15.3 Å². The number of benzene rings is 2. The van der Waals surface area contributed by atoms with Crippen molar-refractivity contribution in [1.29, 1.82) is 0 Å². The lowest BCUT2D eigenvalue weighted by molar-refractivity contribution is -0.0513. The summed E-state index contributed by atoms with van der Waals surface area (Å²) in [7, 11) is 5.60. The number of carbonyl (C=O) groups excluding carboxylic acids is 1. The number of nitrogens with zero attached hydrogens (tertiary/aromatic N) is 1. The minimum atomic E-state index is -3.05. The minimum absolute atomic E-state index is 0.102. The van der Waals surface area contributed by atoms with Crippen LogP contribution in [0, 0.1) is 0 Å². The van der Waals surface area contributed by atoms with Crippen LogP contribution in [-0.4, -0.2) is 47.2 Å². The monoisotopic (exact) mass is 410 g/mol. The summed E-state index contributed by atoms with van der Waals surface area (Å²) in [6, 6.07) is 7.41. The van der Waals surface area contributed by atoms with Crippen LogP contribution in [0.1, 0.15) is 15.9 Å². The van der Waals surface area contributed by atoms with Gasteiger partial charge in [-0.05, 0) is 24.3 Å². The van der Waals surface area contributed by atoms with Gasteiger partial charge in [0, 0.05) is 11.1 Å². The van der Waals surface area contributed by atoms with Gasteiger partial charge in [-0.15, -0.1) is 0 Å². The molecule has 10 heteroatoms. The van der Waals surface area contributed by atoms with Crippen molar-refractivity contribution < 1.29 is 37.3 Å². The van der Waals surface area contributed by atoms with E-state index in [1.165, 1.54) is 52.7 Å². The Hall–Kier alpha value is -3.56. The summed E-state index contributed by atoms with van der Waals surface area (Å²) >= 11 is 0. The van der Waals surface area contributed by atoms with Crippen LogP contribution in [-0.2, 0) is 0 Å². The number of hydrogen-bond acceptors (Lipinski definition) is 7. The maximum atomic E-state index is 12.7. The maximum Gasteiger partial charge on any atom is 0.387 e. The smallest absolute Gasteiger partial charge is 0.387 e. The zero-order valence-corrected chi connectivity index (χ0v) is 16.2. The molecule has 2 aromatic carbocycles. The first-order valence-electron chi connectivity index (χ1n) is 8.20. The number of alkyl halides is 2. The highest BCUT2D eigenvalue weighted by Gasteiger charge is 2.17. The highest BCUT2D eigenvalue weighted by Crippen LogP contribution is 2.38. The van der Waals surface area contributed by atoms with Crippen molar-refractivity contribution in [2.24, 2.45) is 5.10 Å². The highest BCUT2D eigenvalue weighted by molar-refractivity contribution is 5.96. The Balaban J connectivity index is 2.24. The fraction of sp³-hybridized carbons (Fsp3) is 0.263. The van der Waals surface area contributed by atoms with Gasteiger partial charge in [0.05, 0.1) is 34.7 Å². The van der Waals surface area contributed by atoms with Gasteiger partial charge in [0.15, 0.2) is 23.0 Å². The molecule has 29 heavy (non-hydrogen) atoms. The average Bonchev–Trinajstić information content (AvgIpc) is 2.72. The summed E-state index contributed by atoms with van der Waals surface area (Å²) in [6.07, 6.45) is 1.16. The summed E-state index contributed by atoms with van der Waals surface area (Å²) in [5, 5.41) is 3.80. The molecule has 0 aliphatic heterocycles. The van der Waals surface area contributed by atoms with Gasteiger partial charge in [0.25, 0.3) is 5.91 Å². The molecule has 0 spiro atoms. The molecule has 0 radical (unpaired) electrons. The summed E-state index contributed by atoms with van der Waals surface area (Å²) in [4.78, 5) is 12.4. The predicted molar refractivity (Wildman–Crippen MR) is 101 cm³/mol. The Morgan fingerprint density at radius 2 is 1.59 bits per heavy atom. The second-order valence-corrected chi connectivity index (χ2v) is 5.37. The van der Waals surface area contributed by atoms with E-state index in [4.69, 9.17) is 18.9 Å². The van der Waals surface area contributed by atoms with Crippen LogP contribution < -0.4 is 29.1 Å². The van der Waals surface area contributed by atoms with Crippen molar-refractivity contribution >= 4 is 12.1 Å². The Morgan fingerprint density at radius 1 is 0.966 bits per heavy atom. The lowest BCUT2D eigenvalue weighted by Gasteiger charge is -2.13. The van der Waals surface area contributed by atoms with Crippen molar-refractivity contribution in [3.63, 3.8) is 0 Å². The number of hydrogen-bond donors (Lipinski definition) is 1. The number of halogens is 2. The zero-order valence-electron chi connectivity index (χ0n) is 16.2. The molecule has 0 unspecified atom stereocenters. The normalized spacial score (nSPS) is 10.7. The highest BCUT2D eigenvalue weighted by atomic mass is 19.3. The van der Waals surface area contributed by atoms with Gasteiger partial charge in [-0.25, -0.2) is 5.43 Å². The molecule has 0 saturated carbocycles. The molecular weight excluding hydrogens is 390 g/mol. The van der Waals surface area contributed by atoms with Gasteiger partial charge in [-0.1, -0.05) is 6.07 Å². The molecular formula is C19H20F2N2O6. The van der Waals surface area contributed by atoms with Gasteiger partial charge >= 0.3 is 6.61 Å². The number of hydrazone groups is 1. The lowest BCUT2D eigenvalue weighted by Crippen LogP contribution is -2.18. The van der Waals surface area contributed by atoms with Gasteiger partial charge in [0.2, 0.25) is 5.75 Å². The maximum absolute atomic E-state index is 12.7. The SMILES string of the molecule is COc1cccc(/C=N\NC(=O)c2cc(OC)c(OC)c(OC)c2)c1OC(F)F. The van der Waals surface area contributed by atoms with Crippen molar-refractivity contribution in [3.05, 3.63) is 41.5 Å². The molecule has 0 bridgehead atoms. The topological polar surface area (TPSA) is 87.6 Å². The molecule has 0 heterocycles. The van der Waals surface area contributed by atoms with Crippen LogP contribution in [0.3, 0.4) is 0 Å². The molecule has 0 fully saturated rings. The van der Waals surface area contributed by atoms with E-state index in [9.17, 15) is 13.6 Å². The van der Waals surface area contributed by atoms with Crippen LogP contribution in [0.4, 0.5) is 8.78 Å². The summed E-state index contributed by atoms with van der Waals surface area (Å²) in [5.41, 5.74) is 2.68. The number of methoxy groups -OCH3 is 4. The average molecular weight is 410 g/mol. The Kier molecular flexibility index (Phi) is 7.58. The molecule has 0 aromatic heterocycles. The molecule has 0 aliphatic carbocycles. The number of amides is 1. The summed E-state index contributed by atoms with van der Waals surface area (Å²) in [5.74, 6) is 0.240. The largest absolute Gasteiger partial charge is 0.493 e. The molecule has 8 nitrogen and oxygen atoms in total. The minimum Gasteiger partial charge on any atom is -0.493 e.